The summed E-state index contributed by atoms with van der Waals surface area (Å²) < 4.78 is 15.1. The fourth-order valence-corrected chi connectivity index (χ4v) is 3.84. The fourth-order valence-electron chi connectivity index (χ4n) is 3.52. The SMILES string of the molecule is CC(C)(CCCCCc1ccc(CNCCCO[PH](=O)O)cc1)c1ccccc1. The fraction of sp³-hybridized carbons (Fsp3) is 0.500. The van der Waals surface area contributed by atoms with E-state index < -0.39 is 8.25 Å². The molecular weight excluding hydrogens is 381 g/mol. The monoisotopic (exact) mass is 417 g/mol. The van der Waals surface area contributed by atoms with Gasteiger partial charge in [0.2, 0.25) is 0 Å². The third-order valence-corrected chi connectivity index (χ3v) is 5.85. The van der Waals surface area contributed by atoms with Crippen LogP contribution >= 0.6 is 8.25 Å². The molecule has 0 saturated carbocycles. The summed E-state index contributed by atoms with van der Waals surface area (Å²) in [6, 6.07) is 19.6. The molecule has 0 aromatic heterocycles. The lowest BCUT2D eigenvalue weighted by atomic mass is 9.80. The van der Waals surface area contributed by atoms with Crippen molar-refractivity contribution >= 4 is 8.25 Å². The minimum absolute atomic E-state index is 0.248. The van der Waals surface area contributed by atoms with Crippen molar-refractivity contribution < 1.29 is 14.0 Å². The summed E-state index contributed by atoms with van der Waals surface area (Å²) in [5.74, 6) is 0. The summed E-state index contributed by atoms with van der Waals surface area (Å²) in [7, 11) is -2.79. The minimum Gasteiger partial charge on any atom is -0.326 e. The highest BCUT2D eigenvalue weighted by atomic mass is 31.1. The second-order valence-corrected chi connectivity index (χ2v) is 9.09. The summed E-state index contributed by atoms with van der Waals surface area (Å²) in [5.41, 5.74) is 4.34. The molecule has 2 N–H and O–H groups in total. The summed E-state index contributed by atoms with van der Waals surface area (Å²) in [5, 5.41) is 3.33. The van der Waals surface area contributed by atoms with Crippen LogP contribution in [0.25, 0.3) is 0 Å². The molecule has 0 aliphatic carbocycles. The van der Waals surface area contributed by atoms with E-state index >= 15 is 0 Å². The van der Waals surface area contributed by atoms with Gasteiger partial charge in [-0.25, -0.2) is 0 Å². The van der Waals surface area contributed by atoms with E-state index in [0.29, 0.717) is 6.61 Å². The van der Waals surface area contributed by atoms with Crippen molar-refractivity contribution in [2.24, 2.45) is 0 Å². The van der Waals surface area contributed by atoms with Gasteiger partial charge in [0, 0.05) is 6.54 Å². The van der Waals surface area contributed by atoms with Gasteiger partial charge in [-0.1, -0.05) is 81.3 Å². The summed E-state index contributed by atoms with van der Waals surface area (Å²) >= 11 is 0. The smallest absolute Gasteiger partial charge is 0.316 e. The first kappa shape index (κ1) is 23.8. The predicted octanol–water partition coefficient (Wildman–Crippen LogP) is 5.65. The largest absolute Gasteiger partial charge is 0.326 e. The van der Waals surface area contributed by atoms with E-state index in [-0.39, 0.29) is 5.41 Å². The lowest BCUT2D eigenvalue weighted by molar-refractivity contribution is 0.276. The topological polar surface area (TPSA) is 58.6 Å². The van der Waals surface area contributed by atoms with Crippen LogP contribution in [0.4, 0.5) is 0 Å². The highest BCUT2D eigenvalue weighted by Gasteiger charge is 2.19. The third kappa shape index (κ3) is 9.73. The van der Waals surface area contributed by atoms with Crippen LogP contribution in [0.2, 0.25) is 0 Å². The van der Waals surface area contributed by atoms with Crippen molar-refractivity contribution in [3.8, 4) is 0 Å². The Morgan fingerprint density at radius 1 is 0.931 bits per heavy atom. The van der Waals surface area contributed by atoms with Crippen LogP contribution in [-0.2, 0) is 27.5 Å². The second-order valence-electron chi connectivity index (χ2n) is 8.27. The number of hydrogen-bond donors (Lipinski definition) is 2. The molecule has 2 rings (SSSR count). The van der Waals surface area contributed by atoms with E-state index in [9.17, 15) is 4.57 Å². The van der Waals surface area contributed by atoms with E-state index in [2.05, 4.69) is 78.3 Å². The van der Waals surface area contributed by atoms with Gasteiger partial charge in [0.15, 0.2) is 0 Å². The molecule has 0 radical (unpaired) electrons. The zero-order valence-electron chi connectivity index (χ0n) is 17.8. The molecule has 0 fully saturated rings. The Morgan fingerprint density at radius 2 is 1.62 bits per heavy atom. The summed E-state index contributed by atoms with van der Waals surface area (Å²) in [6.07, 6.45) is 6.85. The van der Waals surface area contributed by atoms with Gasteiger partial charge in [0.25, 0.3) is 0 Å². The molecule has 160 valence electrons. The Bertz CT molecular complexity index is 717. The van der Waals surface area contributed by atoms with Crippen LogP contribution < -0.4 is 5.32 Å². The Hall–Kier alpha value is -1.45. The molecule has 4 nitrogen and oxygen atoms in total. The van der Waals surface area contributed by atoms with Crippen LogP contribution in [0.1, 0.15) is 62.6 Å². The zero-order valence-corrected chi connectivity index (χ0v) is 18.8. The first-order valence-electron chi connectivity index (χ1n) is 10.7. The molecule has 1 unspecified atom stereocenters. The van der Waals surface area contributed by atoms with Gasteiger partial charge >= 0.3 is 8.25 Å². The number of nitrogens with one attached hydrogen (secondary N) is 1. The molecular formula is C24H36NO3P. The standard InChI is InChI=1S/C24H36NO3P/c1-24(2,23-11-6-3-7-12-23)17-8-4-5-10-21-13-15-22(16-14-21)20-25-18-9-19-28-29(26)27/h3,6-7,11-16,25,29H,4-5,8-10,17-20H2,1-2H3,(H,26,27). The molecule has 0 aliphatic heterocycles. The normalized spacial score (nSPS) is 12.8. The number of hydrogen-bond acceptors (Lipinski definition) is 3. The van der Waals surface area contributed by atoms with Gasteiger partial charge < -0.3 is 14.7 Å². The lowest BCUT2D eigenvalue weighted by Gasteiger charge is -2.25. The van der Waals surface area contributed by atoms with Crippen molar-refractivity contribution in [1.82, 2.24) is 5.32 Å². The molecule has 1 atom stereocenters. The molecule has 0 bridgehead atoms. The molecule has 2 aromatic carbocycles. The zero-order chi connectivity index (χ0) is 21.0. The average Bonchev–Trinajstić information content (AvgIpc) is 2.72. The maximum absolute atomic E-state index is 10.4. The number of benzene rings is 2. The molecule has 0 aliphatic rings. The van der Waals surface area contributed by atoms with Gasteiger partial charge in [-0.2, -0.15) is 0 Å². The van der Waals surface area contributed by atoms with Crippen LogP contribution in [0, 0.1) is 0 Å². The lowest BCUT2D eigenvalue weighted by Crippen LogP contribution is -2.16. The first-order chi connectivity index (χ1) is 14.0. The molecule has 5 heteroatoms. The van der Waals surface area contributed by atoms with Crippen LogP contribution in [0.3, 0.4) is 0 Å². The van der Waals surface area contributed by atoms with E-state index in [1.54, 1.807) is 0 Å². The highest BCUT2D eigenvalue weighted by molar-refractivity contribution is 7.32. The average molecular weight is 418 g/mol. The van der Waals surface area contributed by atoms with Gasteiger partial charge in [-0.05, 0) is 54.3 Å². The minimum atomic E-state index is -2.79. The molecule has 0 spiro atoms. The van der Waals surface area contributed by atoms with E-state index in [4.69, 9.17) is 4.89 Å². The molecule has 2 aromatic rings. The molecule has 29 heavy (non-hydrogen) atoms. The van der Waals surface area contributed by atoms with Crippen molar-refractivity contribution in [3.63, 3.8) is 0 Å². The van der Waals surface area contributed by atoms with Crippen molar-refractivity contribution in [1.29, 1.82) is 0 Å². The van der Waals surface area contributed by atoms with Crippen LogP contribution in [0.5, 0.6) is 0 Å². The van der Waals surface area contributed by atoms with Crippen molar-refractivity contribution in [2.75, 3.05) is 13.2 Å². The van der Waals surface area contributed by atoms with Crippen LogP contribution in [-0.4, -0.2) is 18.0 Å². The van der Waals surface area contributed by atoms with E-state index in [1.807, 2.05) is 0 Å². The molecule has 0 saturated heterocycles. The first-order valence-corrected chi connectivity index (χ1v) is 11.9. The Kier molecular flexibility index (Phi) is 10.7. The summed E-state index contributed by atoms with van der Waals surface area (Å²) in [6.45, 7) is 6.59. The maximum atomic E-state index is 10.4. The number of rotatable bonds is 14. The van der Waals surface area contributed by atoms with E-state index in [0.717, 1.165) is 25.9 Å². The quantitative estimate of drug-likeness (QED) is 0.308. The van der Waals surface area contributed by atoms with Gasteiger partial charge in [0.05, 0.1) is 6.61 Å². The van der Waals surface area contributed by atoms with Crippen LogP contribution in [0.15, 0.2) is 54.6 Å². The van der Waals surface area contributed by atoms with Gasteiger partial charge in [0.1, 0.15) is 0 Å². The van der Waals surface area contributed by atoms with Gasteiger partial charge in [-0.3, -0.25) is 4.57 Å². The highest BCUT2D eigenvalue weighted by Crippen LogP contribution is 2.29. The number of unbranched alkanes of at least 4 members (excludes halogenated alkanes) is 2. The van der Waals surface area contributed by atoms with Crippen molar-refractivity contribution in [2.45, 2.75) is 64.3 Å². The Balaban J connectivity index is 1.58. The summed E-state index contributed by atoms with van der Waals surface area (Å²) in [4.78, 5) is 8.59. The Labute approximate surface area is 176 Å². The number of aryl methyl sites for hydroxylation is 1. The predicted molar refractivity (Wildman–Crippen MR) is 122 cm³/mol. The van der Waals surface area contributed by atoms with Crippen molar-refractivity contribution in [3.05, 3.63) is 71.3 Å². The van der Waals surface area contributed by atoms with E-state index in [1.165, 1.54) is 42.4 Å². The Morgan fingerprint density at radius 3 is 2.31 bits per heavy atom. The molecule has 0 heterocycles. The third-order valence-electron chi connectivity index (χ3n) is 5.40. The molecule has 0 amide bonds. The van der Waals surface area contributed by atoms with Gasteiger partial charge in [-0.15, -0.1) is 0 Å². The second kappa shape index (κ2) is 13.0. The maximum Gasteiger partial charge on any atom is 0.316 e.